The molecule has 13 heavy (non-hydrogen) atoms. The van der Waals surface area contributed by atoms with Crippen molar-refractivity contribution in [2.24, 2.45) is 17.4 Å². The van der Waals surface area contributed by atoms with Crippen molar-refractivity contribution < 1.29 is 4.79 Å². The van der Waals surface area contributed by atoms with Crippen LogP contribution >= 0.6 is 0 Å². The summed E-state index contributed by atoms with van der Waals surface area (Å²) in [7, 11) is 0. The monoisotopic (exact) mass is 185 g/mol. The van der Waals surface area contributed by atoms with Gasteiger partial charge in [0.05, 0.1) is 6.04 Å². The first-order valence-electron chi connectivity index (χ1n) is 4.79. The first-order chi connectivity index (χ1) is 6.00. The summed E-state index contributed by atoms with van der Waals surface area (Å²) in [6.45, 7) is 5.71. The molecule has 4 nitrogen and oxygen atoms in total. The molecule has 0 aliphatic carbocycles. The number of carbonyl (C=O) groups excluding carboxylic acids is 1. The molecule has 1 heterocycles. The van der Waals surface area contributed by atoms with Crippen molar-refractivity contribution in [2.75, 3.05) is 13.1 Å². The van der Waals surface area contributed by atoms with E-state index >= 15 is 0 Å². The minimum Gasteiger partial charge on any atom is -0.368 e. The van der Waals surface area contributed by atoms with Gasteiger partial charge in [-0.1, -0.05) is 6.92 Å². The number of carbonyl (C=O) groups is 1. The van der Waals surface area contributed by atoms with Crippen LogP contribution in [-0.4, -0.2) is 36.0 Å². The van der Waals surface area contributed by atoms with Crippen LogP contribution in [0.1, 0.15) is 20.3 Å². The number of amides is 1. The minimum absolute atomic E-state index is 0.186. The van der Waals surface area contributed by atoms with E-state index in [-0.39, 0.29) is 18.0 Å². The second-order valence-corrected chi connectivity index (χ2v) is 4.13. The van der Waals surface area contributed by atoms with Crippen molar-refractivity contribution >= 4 is 5.91 Å². The average molecular weight is 185 g/mol. The molecule has 1 aliphatic rings. The molecule has 0 aromatic heterocycles. The van der Waals surface area contributed by atoms with Crippen LogP contribution in [0.4, 0.5) is 0 Å². The Labute approximate surface area is 79.3 Å². The largest absolute Gasteiger partial charge is 0.368 e. The smallest absolute Gasteiger partial charge is 0.234 e. The summed E-state index contributed by atoms with van der Waals surface area (Å²) in [4.78, 5) is 13.0. The Bertz CT molecular complexity index is 185. The Morgan fingerprint density at radius 2 is 2.15 bits per heavy atom. The third-order valence-electron chi connectivity index (χ3n) is 2.68. The highest BCUT2D eigenvalue weighted by molar-refractivity contribution is 5.79. The highest BCUT2D eigenvalue weighted by atomic mass is 16.1. The number of piperidine rings is 1. The number of rotatable bonds is 2. The molecule has 0 aromatic rings. The Kier molecular flexibility index (Phi) is 3.27. The normalized spacial score (nSPS) is 32.8. The molecule has 1 amide bonds. The van der Waals surface area contributed by atoms with Gasteiger partial charge < -0.3 is 11.5 Å². The maximum Gasteiger partial charge on any atom is 0.234 e. The van der Waals surface area contributed by atoms with Crippen molar-refractivity contribution in [1.29, 1.82) is 0 Å². The van der Waals surface area contributed by atoms with Crippen LogP contribution in [0, 0.1) is 5.92 Å². The van der Waals surface area contributed by atoms with Crippen LogP contribution in [0.25, 0.3) is 0 Å². The predicted octanol–water partition coefficient (Wildman–Crippen LogP) is -0.471. The van der Waals surface area contributed by atoms with Gasteiger partial charge in [-0.05, 0) is 19.3 Å². The van der Waals surface area contributed by atoms with Gasteiger partial charge in [0.15, 0.2) is 0 Å². The second kappa shape index (κ2) is 4.07. The van der Waals surface area contributed by atoms with Gasteiger partial charge in [-0.3, -0.25) is 9.69 Å². The first-order valence-corrected chi connectivity index (χ1v) is 4.79. The summed E-state index contributed by atoms with van der Waals surface area (Å²) in [6, 6.07) is -0.000602. The summed E-state index contributed by atoms with van der Waals surface area (Å²) >= 11 is 0. The number of hydrogen-bond donors (Lipinski definition) is 2. The summed E-state index contributed by atoms with van der Waals surface area (Å²) < 4.78 is 0. The summed E-state index contributed by atoms with van der Waals surface area (Å²) in [5, 5.41) is 0. The fourth-order valence-electron chi connectivity index (χ4n) is 1.94. The molecule has 0 saturated carbocycles. The van der Waals surface area contributed by atoms with Gasteiger partial charge in [0.2, 0.25) is 5.91 Å². The van der Waals surface area contributed by atoms with Gasteiger partial charge in [0.25, 0.3) is 0 Å². The number of nitrogens with zero attached hydrogens (tertiary/aromatic N) is 1. The SMILES string of the molecule is CC1CC(N)CN(C(C)C(N)=O)C1. The maximum atomic E-state index is 11.0. The van der Waals surface area contributed by atoms with Gasteiger partial charge in [0, 0.05) is 19.1 Å². The van der Waals surface area contributed by atoms with Gasteiger partial charge in [-0.15, -0.1) is 0 Å². The minimum atomic E-state index is -0.263. The fourth-order valence-corrected chi connectivity index (χ4v) is 1.94. The van der Waals surface area contributed by atoms with E-state index in [1.54, 1.807) is 0 Å². The van der Waals surface area contributed by atoms with E-state index in [0.29, 0.717) is 5.92 Å². The van der Waals surface area contributed by atoms with E-state index < -0.39 is 0 Å². The maximum absolute atomic E-state index is 11.0. The molecule has 3 atom stereocenters. The third kappa shape index (κ3) is 2.67. The van der Waals surface area contributed by atoms with Crippen LogP contribution in [0.2, 0.25) is 0 Å². The lowest BCUT2D eigenvalue weighted by Crippen LogP contribution is -2.53. The lowest BCUT2D eigenvalue weighted by molar-refractivity contribution is -0.123. The van der Waals surface area contributed by atoms with E-state index in [0.717, 1.165) is 19.5 Å². The second-order valence-electron chi connectivity index (χ2n) is 4.13. The Hall–Kier alpha value is -0.610. The number of primary amides is 1. The highest BCUT2D eigenvalue weighted by Gasteiger charge is 2.27. The van der Waals surface area contributed by atoms with Crippen molar-refractivity contribution in [3.8, 4) is 0 Å². The lowest BCUT2D eigenvalue weighted by Gasteiger charge is -2.37. The number of likely N-dealkylation sites (tertiary alicyclic amines) is 1. The van der Waals surface area contributed by atoms with Crippen LogP contribution < -0.4 is 11.5 Å². The Morgan fingerprint density at radius 3 is 2.62 bits per heavy atom. The molecule has 0 bridgehead atoms. The van der Waals surface area contributed by atoms with Crippen LogP contribution in [0.15, 0.2) is 0 Å². The van der Waals surface area contributed by atoms with Crippen molar-refractivity contribution in [1.82, 2.24) is 4.90 Å². The quantitative estimate of drug-likeness (QED) is 0.611. The van der Waals surface area contributed by atoms with Crippen LogP contribution in [0.5, 0.6) is 0 Å². The molecule has 1 aliphatic heterocycles. The van der Waals surface area contributed by atoms with E-state index in [4.69, 9.17) is 11.5 Å². The van der Waals surface area contributed by atoms with Crippen molar-refractivity contribution in [3.05, 3.63) is 0 Å². The van der Waals surface area contributed by atoms with Crippen LogP contribution in [0.3, 0.4) is 0 Å². The topological polar surface area (TPSA) is 72.3 Å². The predicted molar refractivity (Wildman–Crippen MR) is 52.0 cm³/mol. The lowest BCUT2D eigenvalue weighted by atomic mass is 9.95. The highest BCUT2D eigenvalue weighted by Crippen LogP contribution is 2.16. The molecule has 0 aromatic carbocycles. The summed E-state index contributed by atoms with van der Waals surface area (Å²) in [6.07, 6.45) is 1.04. The van der Waals surface area contributed by atoms with Crippen molar-refractivity contribution in [2.45, 2.75) is 32.4 Å². The number of nitrogens with two attached hydrogens (primary N) is 2. The number of hydrogen-bond acceptors (Lipinski definition) is 3. The van der Waals surface area contributed by atoms with E-state index in [1.165, 1.54) is 0 Å². The van der Waals surface area contributed by atoms with Crippen LogP contribution in [-0.2, 0) is 4.79 Å². The molecule has 0 radical (unpaired) electrons. The molecule has 3 unspecified atom stereocenters. The molecular weight excluding hydrogens is 166 g/mol. The third-order valence-corrected chi connectivity index (χ3v) is 2.68. The van der Waals surface area contributed by atoms with E-state index in [9.17, 15) is 4.79 Å². The molecule has 0 spiro atoms. The average Bonchev–Trinajstić information content (AvgIpc) is 2.01. The Morgan fingerprint density at radius 1 is 1.54 bits per heavy atom. The summed E-state index contributed by atoms with van der Waals surface area (Å²) in [5.41, 5.74) is 11.1. The zero-order chi connectivity index (χ0) is 10.0. The van der Waals surface area contributed by atoms with Gasteiger partial charge in [-0.25, -0.2) is 0 Å². The molecule has 1 rings (SSSR count). The summed E-state index contributed by atoms with van der Waals surface area (Å²) in [5.74, 6) is 0.298. The first kappa shape index (κ1) is 10.5. The molecule has 1 fully saturated rings. The van der Waals surface area contributed by atoms with Gasteiger partial charge >= 0.3 is 0 Å². The standard InChI is InChI=1S/C9H19N3O/c1-6-3-8(10)5-12(4-6)7(2)9(11)13/h6-8H,3-5,10H2,1-2H3,(H2,11,13). The van der Waals surface area contributed by atoms with Gasteiger partial charge in [-0.2, -0.15) is 0 Å². The zero-order valence-corrected chi connectivity index (χ0v) is 8.36. The van der Waals surface area contributed by atoms with E-state index in [2.05, 4.69) is 11.8 Å². The molecule has 4 N–H and O–H groups in total. The van der Waals surface area contributed by atoms with Crippen molar-refractivity contribution in [3.63, 3.8) is 0 Å². The molecule has 4 heteroatoms. The zero-order valence-electron chi connectivity index (χ0n) is 8.36. The Balaban J connectivity index is 2.54. The van der Waals surface area contributed by atoms with E-state index in [1.807, 2.05) is 6.92 Å². The molecule has 76 valence electrons. The van der Waals surface area contributed by atoms with Gasteiger partial charge in [0.1, 0.15) is 0 Å². The molecule has 1 saturated heterocycles. The molecular formula is C9H19N3O. The fraction of sp³-hybridized carbons (Fsp3) is 0.889.